The third-order valence-corrected chi connectivity index (χ3v) is 3.38. The van der Waals surface area contributed by atoms with Crippen LogP contribution in [0, 0.1) is 0 Å². The van der Waals surface area contributed by atoms with Crippen molar-refractivity contribution in [3.63, 3.8) is 0 Å². The molecule has 2 N–H and O–H groups in total. The van der Waals surface area contributed by atoms with E-state index in [0.29, 0.717) is 18.1 Å². The summed E-state index contributed by atoms with van der Waals surface area (Å²) in [4.78, 5) is 11.8. The molecule has 0 bridgehead atoms. The van der Waals surface area contributed by atoms with Gasteiger partial charge in [-0.2, -0.15) is 0 Å². The number of carbonyl (C=O) groups excluding carboxylic acids is 1. The predicted molar refractivity (Wildman–Crippen MR) is 87.8 cm³/mol. The van der Waals surface area contributed by atoms with Crippen LogP contribution in [0.3, 0.4) is 0 Å². The number of hydrogen-bond acceptors (Lipinski definition) is 4. The van der Waals surface area contributed by atoms with Crippen molar-refractivity contribution in [1.82, 2.24) is 15.5 Å². The molecule has 0 saturated carbocycles. The maximum Gasteiger partial charge on any atom is 0.271 e. The second-order valence-corrected chi connectivity index (χ2v) is 5.19. The number of aromatic nitrogens is 2. The Morgan fingerprint density at radius 3 is 2.55 bits per heavy atom. The molecule has 0 radical (unpaired) electrons. The van der Waals surface area contributed by atoms with Gasteiger partial charge in [0.1, 0.15) is 5.82 Å². The van der Waals surface area contributed by atoms with Gasteiger partial charge in [-0.1, -0.05) is 43.7 Å². The Morgan fingerprint density at radius 2 is 1.91 bits per heavy atom. The van der Waals surface area contributed by atoms with Crippen LogP contribution in [0.1, 0.15) is 48.8 Å². The van der Waals surface area contributed by atoms with Crippen LogP contribution in [0.2, 0.25) is 0 Å². The lowest BCUT2D eigenvalue weighted by Gasteiger charge is -2.14. The van der Waals surface area contributed by atoms with Crippen LogP contribution < -0.4 is 10.6 Å². The van der Waals surface area contributed by atoms with Crippen LogP contribution in [0.5, 0.6) is 0 Å². The minimum Gasteiger partial charge on any atom is -0.362 e. The minimum absolute atomic E-state index is 0.125. The summed E-state index contributed by atoms with van der Waals surface area (Å²) in [5, 5.41) is 14.1. The highest BCUT2D eigenvalue weighted by Crippen LogP contribution is 2.16. The Labute approximate surface area is 131 Å². The zero-order valence-electron chi connectivity index (χ0n) is 13.0. The van der Waals surface area contributed by atoms with E-state index in [9.17, 15) is 4.79 Å². The molecule has 0 fully saturated rings. The smallest absolute Gasteiger partial charge is 0.271 e. The number of hydrogen-bond donors (Lipinski definition) is 2. The standard InChI is InChI=1S/C17H22N4O/c1-3-4-12-18-17(22)15-10-11-16(21-20-15)19-13(2)14-8-6-5-7-9-14/h5-11,13H,3-4,12H2,1-2H3,(H,18,22)(H,19,21). The summed E-state index contributed by atoms with van der Waals surface area (Å²) >= 11 is 0. The van der Waals surface area contributed by atoms with E-state index in [-0.39, 0.29) is 11.9 Å². The highest BCUT2D eigenvalue weighted by molar-refractivity contribution is 5.92. The van der Waals surface area contributed by atoms with Crippen LogP contribution in [-0.4, -0.2) is 22.6 Å². The van der Waals surface area contributed by atoms with Crippen molar-refractivity contribution in [2.45, 2.75) is 32.7 Å². The van der Waals surface area contributed by atoms with Crippen molar-refractivity contribution >= 4 is 11.7 Å². The first-order valence-electron chi connectivity index (χ1n) is 7.64. The van der Waals surface area contributed by atoms with E-state index in [4.69, 9.17) is 0 Å². The Kier molecular flexibility index (Phi) is 5.89. The molecule has 1 amide bonds. The van der Waals surface area contributed by atoms with Crippen molar-refractivity contribution in [2.75, 3.05) is 11.9 Å². The van der Waals surface area contributed by atoms with Crippen LogP contribution >= 0.6 is 0 Å². The van der Waals surface area contributed by atoms with Crippen molar-refractivity contribution in [3.05, 3.63) is 53.7 Å². The summed E-state index contributed by atoms with van der Waals surface area (Å²) < 4.78 is 0. The first-order valence-corrected chi connectivity index (χ1v) is 7.64. The Hall–Kier alpha value is -2.43. The molecule has 0 aliphatic carbocycles. The van der Waals surface area contributed by atoms with Gasteiger partial charge in [-0.15, -0.1) is 10.2 Å². The van der Waals surface area contributed by atoms with Gasteiger partial charge in [-0.3, -0.25) is 4.79 Å². The average molecular weight is 298 g/mol. The van der Waals surface area contributed by atoms with E-state index in [0.717, 1.165) is 12.8 Å². The molecule has 1 aromatic carbocycles. The number of nitrogens with zero attached hydrogens (tertiary/aromatic N) is 2. The minimum atomic E-state index is -0.177. The van der Waals surface area contributed by atoms with Gasteiger partial charge in [-0.25, -0.2) is 0 Å². The van der Waals surface area contributed by atoms with Crippen LogP contribution in [0.15, 0.2) is 42.5 Å². The molecule has 2 aromatic rings. The van der Waals surface area contributed by atoms with Gasteiger partial charge in [0.05, 0.1) is 0 Å². The summed E-state index contributed by atoms with van der Waals surface area (Å²) in [6.45, 7) is 4.81. The topological polar surface area (TPSA) is 66.9 Å². The molecule has 5 nitrogen and oxygen atoms in total. The summed E-state index contributed by atoms with van der Waals surface area (Å²) in [6.07, 6.45) is 2.01. The van der Waals surface area contributed by atoms with Gasteiger partial charge in [0, 0.05) is 12.6 Å². The molecular weight excluding hydrogens is 276 g/mol. The Bertz CT molecular complexity index is 583. The Balaban J connectivity index is 1.93. The SMILES string of the molecule is CCCCNC(=O)c1ccc(NC(C)c2ccccc2)nn1. The van der Waals surface area contributed by atoms with Crippen molar-refractivity contribution in [3.8, 4) is 0 Å². The average Bonchev–Trinajstić information content (AvgIpc) is 2.56. The summed E-state index contributed by atoms with van der Waals surface area (Å²) in [6, 6.07) is 13.7. The molecule has 5 heteroatoms. The normalized spacial score (nSPS) is 11.7. The fourth-order valence-electron chi connectivity index (χ4n) is 2.05. The summed E-state index contributed by atoms with van der Waals surface area (Å²) in [7, 11) is 0. The molecule has 116 valence electrons. The predicted octanol–water partition coefficient (Wildman–Crippen LogP) is 3.18. The third-order valence-electron chi connectivity index (χ3n) is 3.38. The number of nitrogens with one attached hydrogen (secondary N) is 2. The molecule has 0 saturated heterocycles. The zero-order valence-corrected chi connectivity index (χ0v) is 13.0. The van der Waals surface area contributed by atoms with Gasteiger partial charge in [0.15, 0.2) is 5.69 Å². The number of amides is 1. The fraction of sp³-hybridized carbons (Fsp3) is 0.353. The fourth-order valence-corrected chi connectivity index (χ4v) is 2.05. The van der Waals surface area contributed by atoms with Crippen LogP contribution in [0.4, 0.5) is 5.82 Å². The lowest BCUT2D eigenvalue weighted by atomic mass is 10.1. The number of carbonyl (C=O) groups is 1. The first kappa shape index (κ1) is 15.9. The van der Waals surface area contributed by atoms with Gasteiger partial charge in [0.2, 0.25) is 0 Å². The number of unbranched alkanes of at least 4 members (excludes halogenated alkanes) is 1. The molecule has 0 aliphatic rings. The summed E-state index contributed by atoms with van der Waals surface area (Å²) in [5.74, 6) is 0.477. The van der Waals surface area contributed by atoms with Crippen molar-refractivity contribution in [2.24, 2.45) is 0 Å². The first-order chi connectivity index (χ1) is 10.7. The quantitative estimate of drug-likeness (QED) is 0.770. The van der Waals surface area contributed by atoms with Gasteiger partial charge in [-0.05, 0) is 31.0 Å². The van der Waals surface area contributed by atoms with E-state index in [1.807, 2.05) is 18.2 Å². The number of rotatable bonds is 7. The maximum atomic E-state index is 11.8. The molecule has 0 aliphatic heterocycles. The van der Waals surface area contributed by atoms with Gasteiger partial charge in [0.25, 0.3) is 5.91 Å². The maximum absolute atomic E-state index is 11.8. The van der Waals surface area contributed by atoms with Crippen molar-refractivity contribution in [1.29, 1.82) is 0 Å². The molecule has 1 atom stereocenters. The highest BCUT2D eigenvalue weighted by atomic mass is 16.1. The molecule has 22 heavy (non-hydrogen) atoms. The zero-order chi connectivity index (χ0) is 15.8. The van der Waals surface area contributed by atoms with E-state index >= 15 is 0 Å². The highest BCUT2D eigenvalue weighted by Gasteiger charge is 2.09. The molecular formula is C17H22N4O. The summed E-state index contributed by atoms with van der Waals surface area (Å²) in [5.41, 5.74) is 1.51. The van der Waals surface area contributed by atoms with Gasteiger partial charge < -0.3 is 10.6 Å². The third kappa shape index (κ3) is 4.55. The molecule has 0 spiro atoms. The lowest BCUT2D eigenvalue weighted by Crippen LogP contribution is -2.25. The number of benzene rings is 1. The van der Waals surface area contributed by atoms with Crippen molar-refractivity contribution < 1.29 is 4.79 Å². The van der Waals surface area contributed by atoms with Gasteiger partial charge >= 0.3 is 0 Å². The van der Waals surface area contributed by atoms with Crippen LogP contribution in [-0.2, 0) is 0 Å². The largest absolute Gasteiger partial charge is 0.362 e. The molecule has 1 aromatic heterocycles. The molecule has 1 unspecified atom stereocenters. The van der Waals surface area contributed by atoms with E-state index in [2.05, 4.69) is 46.8 Å². The molecule has 1 heterocycles. The van der Waals surface area contributed by atoms with Crippen LogP contribution in [0.25, 0.3) is 0 Å². The number of anilines is 1. The Morgan fingerprint density at radius 1 is 1.14 bits per heavy atom. The lowest BCUT2D eigenvalue weighted by molar-refractivity contribution is 0.0947. The van der Waals surface area contributed by atoms with E-state index in [1.54, 1.807) is 12.1 Å². The second-order valence-electron chi connectivity index (χ2n) is 5.19. The second kappa shape index (κ2) is 8.12. The molecule has 2 rings (SSSR count). The van der Waals surface area contributed by atoms with E-state index < -0.39 is 0 Å². The monoisotopic (exact) mass is 298 g/mol. The van der Waals surface area contributed by atoms with E-state index in [1.165, 1.54) is 5.56 Å².